The molecule has 7 nitrogen and oxygen atoms in total. The number of hydrogen-bond donors (Lipinski definition) is 0. The predicted molar refractivity (Wildman–Crippen MR) is 92.3 cm³/mol. The van der Waals surface area contributed by atoms with Gasteiger partial charge >= 0.3 is 12.1 Å². The number of carbonyl (C=O) groups is 2. The molecule has 0 aromatic heterocycles. The van der Waals surface area contributed by atoms with Crippen LogP contribution in [0.2, 0.25) is 0 Å². The van der Waals surface area contributed by atoms with Crippen LogP contribution in [0.3, 0.4) is 0 Å². The van der Waals surface area contributed by atoms with Crippen LogP contribution in [0.1, 0.15) is 10.4 Å². The van der Waals surface area contributed by atoms with Gasteiger partial charge in [0.25, 0.3) is 5.69 Å². The summed E-state index contributed by atoms with van der Waals surface area (Å²) in [6.07, 6.45) is -4.65. The number of benzene rings is 1. The number of ether oxygens (including phenoxy) is 1. The van der Waals surface area contributed by atoms with Gasteiger partial charge < -0.3 is 4.74 Å². The number of non-ortho nitro benzene ring substituents is 1. The number of rotatable bonds is 6. The molecule has 0 aliphatic rings. The van der Waals surface area contributed by atoms with Crippen LogP contribution in [0.15, 0.2) is 42.7 Å². The van der Waals surface area contributed by atoms with Gasteiger partial charge in [-0.3, -0.25) is 19.8 Å². The number of nitrogens with zero attached hydrogens (tertiary/aromatic N) is 2. The molecule has 1 aromatic rings. The third-order valence-electron chi connectivity index (χ3n) is 3.70. The van der Waals surface area contributed by atoms with Crippen LogP contribution in [0.25, 0.3) is 0 Å². The Bertz CT molecular complexity index is 877. The van der Waals surface area contributed by atoms with Crippen molar-refractivity contribution in [2.75, 3.05) is 20.7 Å². The summed E-state index contributed by atoms with van der Waals surface area (Å²) in [5, 5.41) is 10.6. The van der Waals surface area contributed by atoms with E-state index in [4.69, 9.17) is 0 Å². The molecule has 1 unspecified atom stereocenters. The van der Waals surface area contributed by atoms with Gasteiger partial charge in [0.2, 0.25) is 11.3 Å². The summed E-state index contributed by atoms with van der Waals surface area (Å²) in [4.78, 5) is 34.3. The highest BCUT2D eigenvalue weighted by atomic mass is 19.4. The molecule has 1 rings (SSSR count). The van der Waals surface area contributed by atoms with E-state index in [1.54, 1.807) is 0 Å². The third-order valence-corrected chi connectivity index (χ3v) is 3.70. The van der Waals surface area contributed by atoms with Crippen molar-refractivity contribution in [1.29, 1.82) is 0 Å². The second kappa shape index (κ2) is 8.99. The molecule has 0 bridgehead atoms. The minimum Gasteiger partial charge on any atom is -0.467 e. The molecule has 28 heavy (non-hydrogen) atoms. The Morgan fingerprint density at radius 2 is 1.89 bits per heavy atom. The van der Waals surface area contributed by atoms with Crippen molar-refractivity contribution in [3.05, 3.63) is 58.3 Å². The van der Waals surface area contributed by atoms with Crippen molar-refractivity contribution in [3.63, 3.8) is 0 Å². The molecule has 0 aliphatic carbocycles. The highest BCUT2D eigenvalue weighted by Gasteiger charge is 2.62. The Hall–Kier alpha value is -3.41. The lowest BCUT2D eigenvalue weighted by Crippen LogP contribution is -2.62. The second-order valence-electron chi connectivity index (χ2n) is 5.40. The summed E-state index contributed by atoms with van der Waals surface area (Å²) in [6, 6.07) is 4.55. The predicted octanol–water partition coefficient (Wildman–Crippen LogP) is 2.53. The molecular formula is C18H15F3N2O5. The van der Waals surface area contributed by atoms with Crippen LogP contribution < -0.4 is 0 Å². The molecule has 0 amide bonds. The Morgan fingerprint density at radius 3 is 2.32 bits per heavy atom. The SMILES string of the molecule is C=C=CC(C(=O)OC)(N(C)CC#CC(=O)c1ccc([N+](=O)[O-])cc1)C(F)(F)F. The molecule has 0 heterocycles. The minimum atomic E-state index is -5.07. The van der Waals surface area contributed by atoms with Gasteiger partial charge in [-0.1, -0.05) is 12.5 Å². The van der Waals surface area contributed by atoms with E-state index < -0.39 is 34.9 Å². The molecule has 0 saturated carbocycles. The fourth-order valence-corrected chi connectivity index (χ4v) is 2.21. The molecule has 0 radical (unpaired) electrons. The number of alkyl halides is 3. The lowest BCUT2D eigenvalue weighted by molar-refractivity contribution is -0.384. The van der Waals surface area contributed by atoms with E-state index in [9.17, 15) is 32.9 Å². The van der Waals surface area contributed by atoms with E-state index >= 15 is 0 Å². The quantitative estimate of drug-likeness (QED) is 0.140. The Balaban J connectivity index is 3.09. The summed E-state index contributed by atoms with van der Waals surface area (Å²) < 4.78 is 45.1. The van der Waals surface area contributed by atoms with Crippen molar-refractivity contribution in [2.24, 2.45) is 0 Å². The summed E-state index contributed by atoms with van der Waals surface area (Å²) in [7, 11) is 1.78. The number of nitro groups is 1. The van der Waals surface area contributed by atoms with Crippen molar-refractivity contribution in [1.82, 2.24) is 4.90 Å². The van der Waals surface area contributed by atoms with Gasteiger partial charge in [-0.2, -0.15) is 13.2 Å². The van der Waals surface area contributed by atoms with E-state index in [2.05, 4.69) is 23.2 Å². The fraction of sp³-hybridized carbons (Fsp3) is 0.278. The maximum atomic E-state index is 13.6. The maximum absolute atomic E-state index is 13.6. The molecule has 0 fully saturated rings. The van der Waals surface area contributed by atoms with E-state index in [1.165, 1.54) is 12.1 Å². The third kappa shape index (κ3) is 4.65. The van der Waals surface area contributed by atoms with Crippen LogP contribution in [0, 0.1) is 22.0 Å². The van der Waals surface area contributed by atoms with Gasteiger partial charge in [-0.15, -0.1) is 5.73 Å². The molecule has 0 saturated heterocycles. The van der Waals surface area contributed by atoms with E-state index in [0.29, 0.717) is 11.0 Å². The van der Waals surface area contributed by atoms with E-state index in [1.807, 2.05) is 5.73 Å². The van der Waals surface area contributed by atoms with Crippen LogP contribution in [0.4, 0.5) is 18.9 Å². The van der Waals surface area contributed by atoms with Crippen LogP contribution in [-0.4, -0.2) is 54.0 Å². The molecule has 10 heteroatoms. The molecule has 0 aliphatic heterocycles. The Labute approximate surface area is 158 Å². The van der Waals surface area contributed by atoms with E-state index in [0.717, 1.165) is 26.3 Å². The van der Waals surface area contributed by atoms with Crippen molar-refractivity contribution < 1.29 is 32.4 Å². The average Bonchev–Trinajstić information content (AvgIpc) is 2.64. The van der Waals surface area contributed by atoms with Gasteiger partial charge in [-0.05, 0) is 31.2 Å². The summed E-state index contributed by atoms with van der Waals surface area (Å²) in [5.74, 6) is 2.02. The van der Waals surface area contributed by atoms with Crippen molar-refractivity contribution in [3.8, 4) is 11.8 Å². The highest BCUT2D eigenvalue weighted by molar-refractivity contribution is 6.09. The number of likely N-dealkylation sites (N-methyl/N-ethyl adjacent to an activating group) is 1. The molecule has 0 N–H and O–H groups in total. The first-order valence-corrected chi connectivity index (χ1v) is 7.52. The molecule has 1 aromatic carbocycles. The normalized spacial score (nSPS) is 12.8. The van der Waals surface area contributed by atoms with Gasteiger partial charge in [0, 0.05) is 17.7 Å². The van der Waals surface area contributed by atoms with Gasteiger partial charge in [-0.25, -0.2) is 4.79 Å². The number of ketones is 1. The number of halogens is 3. The van der Waals surface area contributed by atoms with Crippen molar-refractivity contribution >= 4 is 17.4 Å². The van der Waals surface area contributed by atoms with Crippen molar-refractivity contribution in [2.45, 2.75) is 11.7 Å². The first kappa shape index (κ1) is 22.6. The van der Waals surface area contributed by atoms with Gasteiger partial charge in [0.15, 0.2) is 0 Å². The topological polar surface area (TPSA) is 89.8 Å². The Morgan fingerprint density at radius 1 is 1.32 bits per heavy atom. The number of carbonyl (C=O) groups excluding carboxylic acids is 2. The number of nitro benzene ring substituents is 1. The summed E-state index contributed by atoms with van der Waals surface area (Å²) in [5.41, 5.74) is -1.43. The van der Waals surface area contributed by atoms with Crippen LogP contribution >= 0.6 is 0 Å². The first-order valence-electron chi connectivity index (χ1n) is 7.52. The molecule has 148 valence electrons. The van der Waals surface area contributed by atoms with Gasteiger partial charge in [0.05, 0.1) is 18.6 Å². The van der Waals surface area contributed by atoms with Crippen LogP contribution in [0.5, 0.6) is 0 Å². The zero-order valence-electron chi connectivity index (χ0n) is 14.9. The zero-order chi connectivity index (χ0) is 21.5. The largest absolute Gasteiger partial charge is 0.467 e. The maximum Gasteiger partial charge on any atom is 0.421 e. The lowest BCUT2D eigenvalue weighted by Gasteiger charge is -2.36. The van der Waals surface area contributed by atoms with E-state index in [-0.39, 0.29) is 11.3 Å². The number of esters is 1. The second-order valence-corrected chi connectivity index (χ2v) is 5.40. The standard InChI is InChI=1S/C18H15F3N2O5/c1-4-11-17(16(25)28-3,18(19,20)21)22(2)12-5-6-15(24)13-7-9-14(10-8-13)23(26)27/h7-11H,1,12H2,2-3H3. The van der Waals surface area contributed by atoms with Gasteiger partial charge in [0.1, 0.15) is 0 Å². The number of methoxy groups -OCH3 is 1. The molecular weight excluding hydrogens is 381 g/mol. The molecule has 0 spiro atoms. The van der Waals surface area contributed by atoms with Crippen LogP contribution in [-0.2, 0) is 9.53 Å². The monoisotopic (exact) mass is 396 g/mol. The molecule has 1 atom stereocenters. The lowest BCUT2D eigenvalue weighted by atomic mass is 9.96. The highest BCUT2D eigenvalue weighted by Crippen LogP contribution is 2.37. The summed E-state index contributed by atoms with van der Waals surface area (Å²) >= 11 is 0. The number of Topliss-reactive ketones (excluding diaryl/α,β-unsaturated/α-hetero) is 1. The fourth-order valence-electron chi connectivity index (χ4n) is 2.21. The first-order chi connectivity index (χ1) is 13.0. The smallest absolute Gasteiger partial charge is 0.421 e. The number of hydrogen-bond acceptors (Lipinski definition) is 6. The zero-order valence-corrected chi connectivity index (χ0v) is 14.9. The summed E-state index contributed by atoms with van der Waals surface area (Å²) in [6.45, 7) is 2.45. The minimum absolute atomic E-state index is 0.0294. The average molecular weight is 396 g/mol. The Kier molecular flexibility index (Phi) is 7.27.